The van der Waals surface area contributed by atoms with Crippen LogP contribution in [0.4, 0.5) is 11.4 Å². The van der Waals surface area contributed by atoms with Crippen LogP contribution in [0.25, 0.3) is 0 Å². The molecule has 1 amide bonds. The molecule has 2 rings (SSSR count). The number of non-ortho nitro benzene ring substituents is 1. The predicted octanol–water partition coefficient (Wildman–Crippen LogP) is 3.60. The van der Waals surface area contributed by atoms with Crippen molar-refractivity contribution in [2.75, 3.05) is 5.32 Å². The molecule has 1 aromatic carbocycles. The molecule has 7 heteroatoms. The number of thiophene rings is 1. The molecule has 0 aliphatic heterocycles. The Labute approximate surface area is 121 Å². The van der Waals surface area contributed by atoms with Gasteiger partial charge in [-0.3, -0.25) is 14.9 Å². The first-order valence-electron chi connectivity index (χ1n) is 5.32. The van der Waals surface area contributed by atoms with Crippen LogP contribution < -0.4 is 5.32 Å². The molecule has 0 spiro atoms. The molecule has 1 heterocycles. The molecule has 0 unspecified atom stereocenters. The molecule has 98 valence electrons. The maximum Gasteiger partial charge on any atom is 0.271 e. The van der Waals surface area contributed by atoms with E-state index in [2.05, 4.69) is 21.2 Å². The van der Waals surface area contributed by atoms with Crippen molar-refractivity contribution in [3.8, 4) is 0 Å². The van der Waals surface area contributed by atoms with Crippen molar-refractivity contribution in [2.24, 2.45) is 0 Å². The standard InChI is InChI=1S/C12H9BrN2O3S/c13-10-4-3-8(15(17)18)6-11(10)14-12(16)7-9-2-1-5-19-9/h1-6H,7H2,(H,14,16). The molecule has 0 saturated carbocycles. The summed E-state index contributed by atoms with van der Waals surface area (Å²) in [6, 6.07) is 7.98. The number of nitro benzene ring substituents is 1. The van der Waals surface area contributed by atoms with Gasteiger partial charge in [0.1, 0.15) is 0 Å². The van der Waals surface area contributed by atoms with Gasteiger partial charge in [0.25, 0.3) is 5.69 Å². The first-order valence-corrected chi connectivity index (χ1v) is 6.99. The number of hydrogen-bond acceptors (Lipinski definition) is 4. The highest BCUT2D eigenvalue weighted by Crippen LogP contribution is 2.27. The number of carbonyl (C=O) groups is 1. The van der Waals surface area contributed by atoms with Gasteiger partial charge in [0.2, 0.25) is 5.91 Å². The molecular weight excluding hydrogens is 332 g/mol. The molecule has 0 aliphatic rings. The molecule has 0 radical (unpaired) electrons. The van der Waals surface area contributed by atoms with Gasteiger partial charge in [-0.05, 0) is 33.4 Å². The lowest BCUT2D eigenvalue weighted by atomic mass is 10.2. The molecule has 0 fully saturated rings. The zero-order valence-electron chi connectivity index (χ0n) is 9.63. The fourth-order valence-corrected chi connectivity index (χ4v) is 2.54. The van der Waals surface area contributed by atoms with E-state index < -0.39 is 4.92 Å². The minimum atomic E-state index is -0.499. The Morgan fingerprint density at radius 3 is 2.84 bits per heavy atom. The molecule has 5 nitrogen and oxygen atoms in total. The summed E-state index contributed by atoms with van der Waals surface area (Å²) in [7, 11) is 0. The van der Waals surface area contributed by atoms with Gasteiger partial charge < -0.3 is 5.32 Å². The van der Waals surface area contributed by atoms with Crippen LogP contribution in [0.1, 0.15) is 4.88 Å². The van der Waals surface area contributed by atoms with E-state index in [4.69, 9.17) is 0 Å². The average molecular weight is 341 g/mol. The number of hydrogen-bond donors (Lipinski definition) is 1. The van der Waals surface area contributed by atoms with Crippen LogP contribution in [-0.4, -0.2) is 10.8 Å². The molecule has 1 N–H and O–H groups in total. The third-order valence-corrected chi connectivity index (χ3v) is 3.92. The lowest BCUT2D eigenvalue weighted by Crippen LogP contribution is -2.14. The summed E-state index contributed by atoms with van der Waals surface area (Å²) in [6.45, 7) is 0. The SMILES string of the molecule is O=C(Cc1cccs1)Nc1cc([N+](=O)[O-])ccc1Br. The van der Waals surface area contributed by atoms with Crippen molar-refractivity contribution in [3.05, 3.63) is 55.2 Å². The second-order valence-electron chi connectivity index (χ2n) is 3.73. The molecule has 19 heavy (non-hydrogen) atoms. The van der Waals surface area contributed by atoms with Gasteiger partial charge in [0, 0.05) is 21.5 Å². The predicted molar refractivity (Wildman–Crippen MR) is 77.4 cm³/mol. The van der Waals surface area contributed by atoms with Gasteiger partial charge in [0.05, 0.1) is 17.0 Å². The molecule has 0 aliphatic carbocycles. The molecule has 0 atom stereocenters. The normalized spacial score (nSPS) is 10.2. The molecule has 0 bridgehead atoms. The number of nitrogens with zero attached hydrogens (tertiary/aromatic N) is 1. The highest BCUT2D eigenvalue weighted by molar-refractivity contribution is 9.10. The summed E-state index contributed by atoms with van der Waals surface area (Å²) in [5, 5.41) is 15.2. The van der Waals surface area contributed by atoms with Crippen LogP contribution in [0.2, 0.25) is 0 Å². The lowest BCUT2D eigenvalue weighted by Gasteiger charge is -2.06. The summed E-state index contributed by atoms with van der Waals surface area (Å²) >= 11 is 4.74. The van der Waals surface area contributed by atoms with Crippen LogP contribution >= 0.6 is 27.3 Å². The molecular formula is C12H9BrN2O3S. The fraction of sp³-hybridized carbons (Fsp3) is 0.0833. The van der Waals surface area contributed by atoms with Crippen molar-refractivity contribution in [2.45, 2.75) is 6.42 Å². The first kappa shape index (κ1) is 13.7. The Balaban J connectivity index is 2.11. The quantitative estimate of drug-likeness (QED) is 0.682. The molecule has 2 aromatic rings. The van der Waals surface area contributed by atoms with Crippen LogP contribution in [0.15, 0.2) is 40.2 Å². The van der Waals surface area contributed by atoms with Crippen molar-refractivity contribution < 1.29 is 9.72 Å². The largest absolute Gasteiger partial charge is 0.325 e. The third kappa shape index (κ3) is 3.62. The van der Waals surface area contributed by atoms with Crippen molar-refractivity contribution >= 4 is 44.5 Å². The highest BCUT2D eigenvalue weighted by atomic mass is 79.9. The Bertz CT molecular complexity index is 613. The lowest BCUT2D eigenvalue weighted by molar-refractivity contribution is -0.384. The van der Waals surface area contributed by atoms with E-state index in [1.165, 1.54) is 23.5 Å². The van der Waals surface area contributed by atoms with E-state index in [9.17, 15) is 14.9 Å². The number of amides is 1. The van der Waals surface area contributed by atoms with Gasteiger partial charge in [-0.2, -0.15) is 0 Å². The fourth-order valence-electron chi connectivity index (χ4n) is 1.49. The summed E-state index contributed by atoms with van der Waals surface area (Å²) in [5.41, 5.74) is 0.338. The number of anilines is 1. The number of benzene rings is 1. The van der Waals surface area contributed by atoms with E-state index in [0.717, 1.165) is 4.88 Å². The first-order chi connectivity index (χ1) is 9.06. The zero-order valence-corrected chi connectivity index (χ0v) is 12.0. The minimum absolute atomic E-state index is 0.0605. The third-order valence-electron chi connectivity index (χ3n) is 2.35. The second-order valence-corrected chi connectivity index (χ2v) is 5.61. The van der Waals surface area contributed by atoms with Gasteiger partial charge in [-0.25, -0.2) is 0 Å². The summed E-state index contributed by atoms with van der Waals surface area (Å²) in [4.78, 5) is 22.9. The minimum Gasteiger partial charge on any atom is -0.325 e. The topological polar surface area (TPSA) is 72.2 Å². The number of nitrogens with one attached hydrogen (secondary N) is 1. The Kier molecular flexibility index (Phi) is 4.28. The maximum atomic E-state index is 11.8. The Morgan fingerprint density at radius 2 is 2.21 bits per heavy atom. The van der Waals surface area contributed by atoms with E-state index in [1.54, 1.807) is 6.07 Å². The van der Waals surface area contributed by atoms with Crippen LogP contribution in [0, 0.1) is 10.1 Å². The number of halogens is 1. The summed E-state index contributed by atoms with van der Waals surface area (Å²) in [5.74, 6) is -0.205. The monoisotopic (exact) mass is 340 g/mol. The number of carbonyl (C=O) groups excluding carboxylic acids is 1. The van der Waals surface area contributed by atoms with Gasteiger partial charge in [0.15, 0.2) is 0 Å². The maximum absolute atomic E-state index is 11.8. The van der Waals surface area contributed by atoms with Gasteiger partial charge in [-0.1, -0.05) is 6.07 Å². The number of nitro groups is 1. The van der Waals surface area contributed by atoms with Crippen molar-refractivity contribution in [1.29, 1.82) is 0 Å². The summed E-state index contributed by atoms with van der Waals surface area (Å²) < 4.78 is 0.609. The summed E-state index contributed by atoms with van der Waals surface area (Å²) in [6.07, 6.45) is 0.257. The molecule has 1 aromatic heterocycles. The Hall–Kier alpha value is -1.73. The van der Waals surface area contributed by atoms with Crippen molar-refractivity contribution in [1.82, 2.24) is 0 Å². The van der Waals surface area contributed by atoms with E-state index in [1.807, 2.05) is 17.5 Å². The highest BCUT2D eigenvalue weighted by Gasteiger charge is 2.12. The van der Waals surface area contributed by atoms with Gasteiger partial charge in [-0.15, -0.1) is 11.3 Å². The average Bonchev–Trinajstić information content (AvgIpc) is 2.84. The van der Waals surface area contributed by atoms with E-state index in [0.29, 0.717) is 10.2 Å². The van der Waals surface area contributed by atoms with E-state index in [-0.39, 0.29) is 18.0 Å². The van der Waals surface area contributed by atoms with E-state index >= 15 is 0 Å². The zero-order chi connectivity index (χ0) is 13.8. The Morgan fingerprint density at radius 1 is 1.42 bits per heavy atom. The van der Waals surface area contributed by atoms with Crippen LogP contribution in [0.3, 0.4) is 0 Å². The molecule has 0 saturated heterocycles. The second kappa shape index (κ2) is 5.94. The van der Waals surface area contributed by atoms with Crippen LogP contribution in [0.5, 0.6) is 0 Å². The van der Waals surface area contributed by atoms with Crippen molar-refractivity contribution in [3.63, 3.8) is 0 Å². The van der Waals surface area contributed by atoms with Gasteiger partial charge >= 0.3 is 0 Å². The smallest absolute Gasteiger partial charge is 0.271 e. The number of rotatable bonds is 4. The van der Waals surface area contributed by atoms with Crippen LogP contribution in [-0.2, 0) is 11.2 Å².